The number of anilines is 1. The summed E-state index contributed by atoms with van der Waals surface area (Å²) in [5, 5.41) is 2.55. The molecule has 0 unspecified atom stereocenters. The number of likely N-dealkylation sites (tertiary alicyclic amines) is 1. The third kappa shape index (κ3) is 4.23. The minimum atomic E-state index is -3.59. The van der Waals surface area contributed by atoms with Gasteiger partial charge < -0.3 is 5.32 Å². The summed E-state index contributed by atoms with van der Waals surface area (Å²) in [6.45, 7) is 3.20. The highest BCUT2D eigenvalue weighted by Gasteiger charge is 2.30. The van der Waals surface area contributed by atoms with Crippen LogP contribution in [0.1, 0.15) is 26.7 Å². The van der Waals surface area contributed by atoms with Crippen LogP contribution in [0, 0.1) is 0 Å². The molecule has 1 aliphatic rings. The molecule has 8 nitrogen and oxygen atoms in total. The van der Waals surface area contributed by atoms with Crippen molar-refractivity contribution in [2.45, 2.75) is 37.6 Å². The van der Waals surface area contributed by atoms with Gasteiger partial charge in [-0.15, -0.1) is 0 Å². The summed E-state index contributed by atoms with van der Waals surface area (Å²) in [5.74, 6) is -1.24. The summed E-state index contributed by atoms with van der Waals surface area (Å²) in [6.07, 6.45) is 0.254. The molecular weight excluding hydrogens is 346 g/mol. The smallest absolute Gasteiger partial charge is 0.244 e. The van der Waals surface area contributed by atoms with Crippen LogP contribution in [0.15, 0.2) is 29.2 Å². The van der Waals surface area contributed by atoms with Gasteiger partial charge in [0.2, 0.25) is 27.7 Å². The highest BCUT2D eigenvalue weighted by atomic mass is 32.2. The minimum absolute atomic E-state index is 0.117. The van der Waals surface area contributed by atoms with Crippen molar-refractivity contribution in [3.63, 3.8) is 0 Å². The Morgan fingerprint density at radius 2 is 1.68 bits per heavy atom. The van der Waals surface area contributed by atoms with Crippen molar-refractivity contribution in [3.05, 3.63) is 24.3 Å². The number of rotatable bonds is 6. The van der Waals surface area contributed by atoms with Crippen molar-refractivity contribution in [1.29, 1.82) is 0 Å². The average molecular weight is 367 g/mol. The maximum absolute atomic E-state index is 12.4. The Kier molecular flexibility index (Phi) is 5.58. The molecule has 3 amide bonds. The molecule has 1 heterocycles. The van der Waals surface area contributed by atoms with Gasteiger partial charge in [-0.05, 0) is 38.1 Å². The van der Waals surface area contributed by atoms with Crippen molar-refractivity contribution in [3.8, 4) is 0 Å². The monoisotopic (exact) mass is 367 g/mol. The standard InChI is InChI=1S/C16H21N3O5S/c1-11(2)18(3)25(23,24)13-6-4-12(5-7-13)17-14(20)10-19-15(21)8-9-16(19)22/h4-7,11H,8-10H2,1-3H3,(H,17,20). The van der Waals surface area contributed by atoms with Gasteiger partial charge >= 0.3 is 0 Å². The molecule has 25 heavy (non-hydrogen) atoms. The zero-order valence-corrected chi connectivity index (χ0v) is 15.2. The summed E-state index contributed by atoms with van der Waals surface area (Å²) in [4.78, 5) is 36.0. The van der Waals surface area contributed by atoms with Crippen LogP contribution >= 0.6 is 0 Å². The van der Waals surface area contributed by atoms with Crippen LogP contribution in [0.2, 0.25) is 0 Å². The molecular formula is C16H21N3O5S. The number of nitrogens with zero attached hydrogens (tertiary/aromatic N) is 2. The van der Waals surface area contributed by atoms with Crippen molar-refractivity contribution in [1.82, 2.24) is 9.21 Å². The van der Waals surface area contributed by atoms with Gasteiger partial charge in [0, 0.05) is 31.6 Å². The first-order valence-corrected chi connectivity index (χ1v) is 9.28. The molecule has 9 heteroatoms. The van der Waals surface area contributed by atoms with Crippen LogP contribution in [0.3, 0.4) is 0 Å². The minimum Gasteiger partial charge on any atom is -0.325 e. The predicted molar refractivity (Wildman–Crippen MR) is 91.1 cm³/mol. The van der Waals surface area contributed by atoms with Gasteiger partial charge in [-0.2, -0.15) is 4.31 Å². The zero-order chi connectivity index (χ0) is 18.8. The van der Waals surface area contributed by atoms with Gasteiger partial charge in [0.15, 0.2) is 0 Å². The van der Waals surface area contributed by atoms with E-state index in [0.717, 1.165) is 4.90 Å². The Morgan fingerprint density at radius 3 is 2.16 bits per heavy atom. The van der Waals surface area contributed by atoms with E-state index in [1.165, 1.54) is 35.6 Å². The van der Waals surface area contributed by atoms with Crippen LogP contribution < -0.4 is 5.32 Å². The highest BCUT2D eigenvalue weighted by Crippen LogP contribution is 2.19. The maximum atomic E-state index is 12.4. The number of sulfonamides is 1. The van der Waals surface area contributed by atoms with E-state index in [9.17, 15) is 22.8 Å². The quantitative estimate of drug-likeness (QED) is 0.749. The largest absolute Gasteiger partial charge is 0.325 e. The van der Waals surface area contributed by atoms with E-state index in [-0.39, 0.29) is 42.1 Å². The summed E-state index contributed by atoms with van der Waals surface area (Å²) < 4.78 is 26.0. The van der Waals surface area contributed by atoms with Gasteiger partial charge in [0.1, 0.15) is 6.54 Å². The summed E-state index contributed by atoms with van der Waals surface area (Å²) in [7, 11) is -2.09. The molecule has 0 aliphatic carbocycles. The third-order valence-corrected chi connectivity index (χ3v) is 6.05. The van der Waals surface area contributed by atoms with E-state index in [2.05, 4.69) is 5.32 Å². The fourth-order valence-electron chi connectivity index (χ4n) is 2.30. The molecule has 0 aromatic heterocycles. The molecule has 1 N–H and O–H groups in total. The molecule has 0 radical (unpaired) electrons. The normalized spacial score (nSPS) is 15.3. The molecule has 1 fully saturated rings. The molecule has 0 saturated carbocycles. The number of amides is 3. The second-order valence-electron chi connectivity index (χ2n) is 6.06. The van der Waals surface area contributed by atoms with E-state index in [0.29, 0.717) is 5.69 Å². The molecule has 136 valence electrons. The first-order chi connectivity index (χ1) is 11.6. The predicted octanol–water partition coefficient (Wildman–Crippen LogP) is 0.803. The van der Waals surface area contributed by atoms with Gasteiger partial charge in [-0.3, -0.25) is 19.3 Å². The molecule has 1 aliphatic heterocycles. The molecule has 0 atom stereocenters. The van der Waals surface area contributed by atoms with Crippen molar-refractivity contribution >= 4 is 33.4 Å². The molecule has 0 spiro atoms. The van der Waals surface area contributed by atoms with Crippen molar-refractivity contribution < 1.29 is 22.8 Å². The number of nitrogens with one attached hydrogen (secondary N) is 1. The second-order valence-corrected chi connectivity index (χ2v) is 8.06. The van der Waals surface area contributed by atoms with Crippen molar-refractivity contribution in [2.75, 3.05) is 18.9 Å². The molecule has 0 bridgehead atoms. The van der Waals surface area contributed by atoms with E-state index in [1.807, 2.05) is 0 Å². The molecule has 1 aromatic rings. The Hall–Kier alpha value is -2.26. The highest BCUT2D eigenvalue weighted by molar-refractivity contribution is 7.89. The topological polar surface area (TPSA) is 104 Å². The molecule has 1 aromatic carbocycles. The number of imide groups is 1. The second kappa shape index (κ2) is 7.32. The Bertz CT molecular complexity index is 770. The number of carbonyl (C=O) groups is 3. The van der Waals surface area contributed by atoms with Gasteiger partial charge in [0.05, 0.1) is 4.90 Å². The average Bonchev–Trinajstić information content (AvgIpc) is 2.86. The third-order valence-electron chi connectivity index (χ3n) is 4.00. The lowest BCUT2D eigenvalue weighted by molar-refractivity contribution is -0.141. The van der Waals surface area contributed by atoms with E-state index < -0.39 is 15.9 Å². The summed E-state index contributed by atoms with van der Waals surface area (Å²) in [6, 6.07) is 5.55. The first kappa shape index (κ1) is 19.1. The Morgan fingerprint density at radius 1 is 1.16 bits per heavy atom. The van der Waals surface area contributed by atoms with Crippen molar-refractivity contribution in [2.24, 2.45) is 0 Å². The Labute approximate surface area is 146 Å². The summed E-state index contributed by atoms with van der Waals surface area (Å²) in [5.41, 5.74) is 0.384. The van der Waals surface area contributed by atoms with Crippen LogP contribution in [-0.4, -0.2) is 55.0 Å². The fourth-order valence-corrected chi connectivity index (χ4v) is 3.67. The van der Waals surface area contributed by atoms with E-state index in [4.69, 9.17) is 0 Å². The van der Waals surface area contributed by atoms with E-state index >= 15 is 0 Å². The fraction of sp³-hybridized carbons (Fsp3) is 0.438. The lowest BCUT2D eigenvalue weighted by Crippen LogP contribution is -2.36. The number of carbonyl (C=O) groups excluding carboxylic acids is 3. The maximum Gasteiger partial charge on any atom is 0.244 e. The van der Waals surface area contributed by atoms with Gasteiger partial charge in [0.25, 0.3) is 0 Å². The van der Waals surface area contributed by atoms with Crippen LogP contribution in [-0.2, 0) is 24.4 Å². The SMILES string of the molecule is CC(C)N(C)S(=O)(=O)c1ccc(NC(=O)CN2C(=O)CCC2=O)cc1. The molecule has 1 saturated heterocycles. The van der Waals surface area contributed by atoms with E-state index in [1.54, 1.807) is 13.8 Å². The van der Waals surface area contributed by atoms with Crippen LogP contribution in [0.4, 0.5) is 5.69 Å². The van der Waals surface area contributed by atoms with Crippen LogP contribution in [0.5, 0.6) is 0 Å². The lowest BCUT2D eigenvalue weighted by atomic mass is 10.3. The number of hydrogen-bond donors (Lipinski definition) is 1. The number of benzene rings is 1. The summed E-state index contributed by atoms with van der Waals surface area (Å²) >= 11 is 0. The van der Waals surface area contributed by atoms with Crippen LogP contribution in [0.25, 0.3) is 0 Å². The zero-order valence-electron chi connectivity index (χ0n) is 14.4. The van der Waals surface area contributed by atoms with Gasteiger partial charge in [-0.25, -0.2) is 8.42 Å². The molecule has 2 rings (SSSR count). The van der Waals surface area contributed by atoms with Gasteiger partial charge in [-0.1, -0.05) is 0 Å². The first-order valence-electron chi connectivity index (χ1n) is 7.84. The number of hydrogen-bond acceptors (Lipinski definition) is 5. The lowest BCUT2D eigenvalue weighted by Gasteiger charge is -2.21. The Balaban J connectivity index is 2.04.